The Morgan fingerprint density at radius 3 is 2.44 bits per heavy atom. The fourth-order valence-corrected chi connectivity index (χ4v) is 2.03. The Bertz CT molecular complexity index is 404. The predicted molar refractivity (Wildman–Crippen MR) is 61.8 cm³/mol. The molecule has 0 aromatic carbocycles. The summed E-state index contributed by atoms with van der Waals surface area (Å²) >= 11 is 5.67. The summed E-state index contributed by atoms with van der Waals surface area (Å²) in [6.45, 7) is 0.875. The summed E-state index contributed by atoms with van der Waals surface area (Å²) in [5.41, 5.74) is 0. The van der Waals surface area contributed by atoms with Crippen molar-refractivity contribution in [1.82, 2.24) is 14.9 Å². The van der Waals surface area contributed by atoms with E-state index in [4.69, 9.17) is 11.6 Å². The van der Waals surface area contributed by atoms with E-state index < -0.39 is 12.7 Å². The van der Waals surface area contributed by atoms with E-state index in [2.05, 4.69) is 9.97 Å². The van der Waals surface area contributed by atoms with Gasteiger partial charge in [0.15, 0.2) is 0 Å². The highest BCUT2D eigenvalue weighted by atomic mass is 35.5. The summed E-state index contributed by atoms with van der Waals surface area (Å²) in [7, 11) is 0. The van der Waals surface area contributed by atoms with E-state index in [1.54, 1.807) is 6.07 Å². The molecule has 0 bridgehead atoms. The van der Waals surface area contributed by atoms with Crippen LogP contribution in [0.15, 0.2) is 12.3 Å². The molecule has 0 N–H and O–H groups in total. The molecule has 0 unspecified atom stereocenters. The Balaban J connectivity index is 1.91. The highest BCUT2D eigenvalue weighted by molar-refractivity contribution is 6.28. The van der Waals surface area contributed by atoms with Gasteiger partial charge in [-0.1, -0.05) is 0 Å². The maximum absolute atomic E-state index is 12.2. The second-order valence-electron chi connectivity index (χ2n) is 4.06. The van der Waals surface area contributed by atoms with E-state index in [0.717, 1.165) is 0 Å². The molecule has 2 heterocycles. The van der Waals surface area contributed by atoms with Crippen LogP contribution in [0, 0.1) is 0 Å². The quantitative estimate of drug-likeness (QED) is 0.774. The molecule has 0 radical (unpaired) electrons. The van der Waals surface area contributed by atoms with Crippen LogP contribution in [0.2, 0.25) is 5.28 Å². The van der Waals surface area contributed by atoms with E-state index in [1.165, 1.54) is 11.1 Å². The lowest BCUT2D eigenvalue weighted by molar-refractivity contribution is -0.146. The summed E-state index contributed by atoms with van der Waals surface area (Å²) in [5.74, 6) is 0.654. The van der Waals surface area contributed by atoms with Gasteiger partial charge in [-0.3, -0.25) is 4.90 Å². The maximum atomic E-state index is 12.2. The minimum absolute atomic E-state index is 0.144. The Hall–Kier alpha value is -1.08. The molecule has 0 spiro atoms. The maximum Gasteiger partial charge on any atom is 0.401 e. The Morgan fingerprint density at radius 2 is 1.89 bits per heavy atom. The summed E-state index contributed by atoms with van der Waals surface area (Å²) in [6.07, 6.45) is -2.60. The molecular formula is C10H12ClF3N4. The summed E-state index contributed by atoms with van der Waals surface area (Å²) in [5, 5.41) is 0.144. The molecule has 1 aliphatic rings. The van der Waals surface area contributed by atoms with Gasteiger partial charge in [-0.05, 0) is 17.7 Å². The van der Waals surface area contributed by atoms with Crippen molar-refractivity contribution >= 4 is 17.4 Å². The van der Waals surface area contributed by atoms with E-state index >= 15 is 0 Å². The van der Waals surface area contributed by atoms with Crippen LogP contribution in [0.1, 0.15) is 0 Å². The topological polar surface area (TPSA) is 32.3 Å². The molecule has 1 fully saturated rings. The molecule has 0 aliphatic carbocycles. The lowest BCUT2D eigenvalue weighted by Crippen LogP contribution is -2.49. The first-order valence-electron chi connectivity index (χ1n) is 5.47. The highest BCUT2D eigenvalue weighted by Gasteiger charge is 2.32. The Labute approximate surface area is 107 Å². The minimum atomic E-state index is -4.14. The van der Waals surface area contributed by atoms with Crippen LogP contribution < -0.4 is 4.90 Å². The number of anilines is 1. The van der Waals surface area contributed by atoms with E-state index in [9.17, 15) is 13.2 Å². The number of aromatic nitrogens is 2. The standard InChI is InChI=1S/C10H12ClF3N4/c11-9-15-2-1-8(16-9)18-5-3-17(4-6-18)7-10(12,13)14/h1-2H,3-7H2. The van der Waals surface area contributed by atoms with E-state index in [0.29, 0.717) is 32.0 Å². The largest absolute Gasteiger partial charge is 0.401 e. The van der Waals surface area contributed by atoms with Crippen LogP contribution in [0.5, 0.6) is 0 Å². The van der Waals surface area contributed by atoms with E-state index in [-0.39, 0.29) is 5.28 Å². The van der Waals surface area contributed by atoms with Crippen molar-refractivity contribution in [1.29, 1.82) is 0 Å². The average molecular weight is 281 g/mol. The van der Waals surface area contributed by atoms with Gasteiger partial charge in [-0.15, -0.1) is 0 Å². The second-order valence-corrected chi connectivity index (χ2v) is 4.40. The molecule has 18 heavy (non-hydrogen) atoms. The van der Waals surface area contributed by atoms with Gasteiger partial charge in [0.25, 0.3) is 0 Å². The van der Waals surface area contributed by atoms with Crippen LogP contribution in [0.3, 0.4) is 0 Å². The molecule has 1 aliphatic heterocycles. The SMILES string of the molecule is FC(F)(F)CN1CCN(c2ccnc(Cl)n2)CC1. The lowest BCUT2D eigenvalue weighted by Gasteiger charge is -2.35. The van der Waals surface area contributed by atoms with Gasteiger partial charge in [0.2, 0.25) is 5.28 Å². The number of alkyl halides is 3. The fraction of sp³-hybridized carbons (Fsp3) is 0.600. The predicted octanol–water partition coefficient (Wildman–Crippen LogP) is 1.81. The molecule has 1 aromatic rings. The summed E-state index contributed by atoms with van der Waals surface area (Å²) in [6, 6.07) is 1.70. The zero-order valence-corrected chi connectivity index (χ0v) is 10.2. The molecule has 1 saturated heterocycles. The van der Waals surface area contributed by atoms with Crippen LogP contribution >= 0.6 is 11.6 Å². The van der Waals surface area contributed by atoms with Crippen molar-refractivity contribution < 1.29 is 13.2 Å². The first-order chi connectivity index (χ1) is 8.44. The first-order valence-corrected chi connectivity index (χ1v) is 5.84. The molecule has 1 aromatic heterocycles. The van der Waals surface area contributed by atoms with Gasteiger partial charge in [0.1, 0.15) is 5.82 Å². The fourth-order valence-electron chi connectivity index (χ4n) is 1.89. The van der Waals surface area contributed by atoms with Gasteiger partial charge in [0.05, 0.1) is 6.54 Å². The minimum Gasteiger partial charge on any atom is -0.354 e. The molecule has 4 nitrogen and oxygen atoms in total. The van der Waals surface area contributed by atoms with Gasteiger partial charge in [0, 0.05) is 32.4 Å². The number of rotatable bonds is 2. The molecule has 2 rings (SSSR count). The van der Waals surface area contributed by atoms with E-state index in [1.807, 2.05) is 4.90 Å². The first kappa shape index (κ1) is 13.4. The van der Waals surface area contributed by atoms with Crippen LogP contribution in [0.25, 0.3) is 0 Å². The molecule has 8 heteroatoms. The van der Waals surface area contributed by atoms with Gasteiger partial charge in [-0.25, -0.2) is 9.97 Å². The van der Waals surface area contributed by atoms with Gasteiger partial charge in [-0.2, -0.15) is 13.2 Å². The number of hydrogen-bond donors (Lipinski definition) is 0. The van der Waals surface area contributed by atoms with Crippen molar-refractivity contribution in [2.45, 2.75) is 6.18 Å². The lowest BCUT2D eigenvalue weighted by atomic mass is 10.3. The molecule has 0 atom stereocenters. The monoisotopic (exact) mass is 280 g/mol. The summed E-state index contributed by atoms with van der Waals surface area (Å²) < 4.78 is 36.7. The zero-order valence-electron chi connectivity index (χ0n) is 9.49. The van der Waals surface area contributed by atoms with Crippen molar-refractivity contribution in [3.63, 3.8) is 0 Å². The Kier molecular flexibility index (Phi) is 3.91. The molecule has 0 saturated carbocycles. The van der Waals surface area contributed by atoms with Crippen molar-refractivity contribution in [3.8, 4) is 0 Å². The average Bonchev–Trinajstić information content (AvgIpc) is 2.28. The van der Waals surface area contributed by atoms with Crippen LogP contribution in [0.4, 0.5) is 19.0 Å². The van der Waals surface area contributed by atoms with Gasteiger partial charge < -0.3 is 4.90 Å². The zero-order chi connectivity index (χ0) is 13.2. The molecular weight excluding hydrogens is 269 g/mol. The smallest absolute Gasteiger partial charge is 0.354 e. The third-order valence-corrected chi connectivity index (χ3v) is 2.89. The second kappa shape index (κ2) is 5.27. The highest BCUT2D eigenvalue weighted by Crippen LogP contribution is 2.19. The Morgan fingerprint density at radius 1 is 1.22 bits per heavy atom. The number of nitrogens with zero attached hydrogens (tertiary/aromatic N) is 4. The number of hydrogen-bond acceptors (Lipinski definition) is 4. The molecule has 0 amide bonds. The third-order valence-electron chi connectivity index (χ3n) is 2.71. The third kappa shape index (κ3) is 3.71. The summed E-state index contributed by atoms with van der Waals surface area (Å²) in [4.78, 5) is 11.1. The molecule has 100 valence electrons. The van der Waals surface area contributed by atoms with Gasteiger partial charge >= 0.3 is 6.18 Å². The van der Waals surface area contributed by atoms with Crippen molar-refractivity contribution in [2.24, 2.45) is 0 Å². The van der Waals surface area contributed by atoms with Crippen molar-refractivity contribution in [2.75, 3.05) is 37.6 Å². The number of piperazine rings is 1. The van der Waals surface area contributed by atoms with Crippen LogP contribution in [-0.4, -0.2) is 53.8 Å². The van der Waals surface area contributed by atoms with Crippen LogP contribution in [-0.2, 0) is 0 Å². The van der Waals surface area contributed by atoms with Crippen molar-refractivity contribution in [3.05, 3.63) is 17.5 Å². The normalized spacial score (nSPS) is 18.1. The number of halogens is 4.